The second kappa shape index (κ2) is 4.94. The zero-order valence-corrected chi connectivity index (χ0v) is 9.20. The van der Waals surface area contributed by atoms with E-state index in [1.165, 1.54) is 20.0 Å². The Bertz CT molecular complexity index is 220. The normalized spacial score (nSPS) is 34.9. The average Bonchev–Trinajstić information content (AvgIpc) is 2.67. The summed E-state index contributed by atoms with van der Waals surface area (Å²) in [6.07, 6.45) is 4.41. The van der Waals surface area contributed by atoms with Crippen molar-refractivity contribution in [2.75, 3.05) is 20.3 Å². The van der Waals surface area contributed by atoms with Gasteiger partial charge < -0.3 is 14.8 Å². The molecule has 1 saturated heterocycles. The van der Waals surface area contributed by atoms with Gasteiger partial charge in [-0.15, -0.1) is 0 Å². The summed E-state index contributed by atoms with van der Waals surface area (Å²) in [6.45, 7) is 1.90. The molecule has 2 rings (SSSR count). The van der Waals surface area contributed by atoms with Gasteiger partial charge in [-0.2, -0.15) is 0 Å². The molecule has 2 aliphatic rings. The van der Waals surface area contributed by atoms with Crippen LogP contribution in [0.3, 0.4) is 0 Å². The quantitative estimate of drug-likeness (QED) is 0.699. The molecule has 1 N–H and O–H groups in total. The van der Waals surface area contributed by atoms with Gasteiger partial charge in [0.15, 0.2) is 0 Å². The number of methoxy groups -OCH3 is 1. The smallest absolute Gasteiger partial charge is 0.308 e. The molecular weight excluding hydrogens is 194 g/mol. The summed E-state index contributed by atoms with van der Waals surface area (Å²) in [7, 11) is 1.44. The number of nitrogens with one attached hydrogen (secondary N) is 1. The van der Waals surface area contributed by atoms with E-state index in [1.807, 2.05) is 0 Å². The minimum absolute atomic E-state index is 0.0801. The molecule has 1 aliphatic carbocycles. The maximum absolute atomic E-state index is 11.1. The molecule has 0 unspecified atom stereocenters. The second-order valence-corrected chi connectivity index (χ2v) is 4.44. The van der Waals surface area contributed by atoms with Gasteiger partial charge in [-0.05, 0) is 32.2 Å². The number of hydrogen-bond donors (Lipinski definition) is 1. The lowest BCUT2D eigenvalue weighted by atomic mass is 9.82. The van der Waals surface area contributed by atoms with E-state index in [-0.39, 0.29) is 18.0 Å². The van der Waals surface area contributed by atoms with Gasteiger partial charge in [0, 0.05) is 6.04 Å². The second-order valence-electron chi connectivity index (χ2n) is 4.44. The first-order valence-electron chi connectivity index (χ1n) is 5.72. The van der Waals surface area contributed by atoms with Crippen molar-refractivity contribution < 1.29 is 14.3 Å². The maximum Gasteiger partial charge on any atom is 0.308 e. The lowest BCUT2D eigenvalue weighted by Gasteiger charge is -2.33. The number of esters is 1. The molecule has 2 fully saturated rings. The highest BCUT2D eigenvalue weighted by Gasteiger charge is 2.36. The van der Waals surface area contributed by atoms with Crippen molar-refractivity contribution in [1.82, 2.24) is 5.32 Å². The Kier molecular flexibility index (Phi) is 3.59. The average molecular weight is 213 g/mol. The Labute approximate surface area is 90.3 Å². The lowest BCUT2D eigenvalue weighted by molar-refractivity contribution is -0.155. The van der Waals surface area contributed by atoms with E-state index >= 15 is 0 Å². The Morgan fingerprint density at radius 1 is 1.47 bits per heavy atom. The van der Waals surface area contributed by atoms with Crippen LogP contribution in [-0.2, 0) is 14.3 Å². The van der Waals surface area contributed by atoms with E-state index in [2.05, 4.69) is 10.1 Å². The minimum Gasteiger partial charge on any atom is -0.469 e. The molecule has 15 heavy (non-hydrogen) atoms. The summed E-state index contributed by atoms with van der Waals surface area (Å²) < 4.78 is 10.4. The Morgan fingerprint density at radius 2 is 2.27 bits per heavy atom. The molecule has 0 radical (unpaired) electrons. The molecule has 1 saturated carbocycles. The minimum atomic E-state index is -0.0890. The fraction of sp³-hybridized carbons (Fsp3) is 0.909. The molecule has 4 nitrogen and oxygen atoms in total. The zero-order chi connectivity index (χ0) is 10.7. The van der Waals surface area contributed by atoms with Crippen LogP contribution in [0, 0.1) is 5.92 Å². The van der Waals surface area contributed by atoms with Crippen LogP contribution in [0.5, 0.6) is 0 Å². The predicted octanol–water partition coefficient (Wildman–Crippen LogP) is 0.707. The SMILES string of the molecule is COC(=O)C1CC(OC[C@@H]2CCCN2)C1. The zero-order valence-electron chi connectivity index (χ0n) is 9.20. The van der Waals surface area contributed by atoms with Crippen molar-refractivity contribution in [3.63, 3.8) is 0 Å². The molecule has 4 heteroatoms. The van der Waals surface area contributed by atoms with Gasteiger partial charge in [0.1, 0.15) is 0 Å². The van der Waals surface area contributed by atoms with Gasteiger partial charge in [-0.1, -0.05) is 0 Å². The largest absolute Gasteiger partial charge is 0.469 e. The summed E-state index contributed by atoms with van der Waals surface area (Å²) in [5.41, 5.74) is 0. The van der Waals surface area contributed by atoms with Gasteiger partial charge in [0.25, 0.3) is 0 Å². The van der Waals surface area contributed by atoms with Crippen LogP contribution < -0.4 is 5.32 Å². The molecule has 0 aromatic heterocycles. The molecule has 1 atom stereocenters. The highest BCUT2D eigenvalue weighted by molar-refractivity contribution is 5.73. The van der Waals surface area contributed by atoms with Gasteiger partial charge in [0.2, 0.25) is 0 Å². The van der Waals surface area contributed by atoms with Crippen LogP contribution in [-0.4, -0.2) is 38.4 Å². The van der Waals surface area contributed by atoms with Crippen molar-refractivity contribution in [3.05, 3.63) is 0 Å². The van der Waals surface area contributed by atoms with Crippen LogP contribution in [0.1, 0.15) is 25.7 Å². The van der Waals surface area contributed by atoms with E-state index in [9.17, 15) is 4.79 Å². The van der Waals surface area contributed by atoms with Crippen molar-refractivity contribution in [2.24, 2.45) is 5.92 Å². The third kappa shape index (κ3) is 2.69. The number of carbonyl (C=O) groups is 1. The molecule has 0 aromatic carbocycles. The topological polar surface area (TPSA) is 47.6 Å². The molecule has 0 spiro atoms. The molecule has 0 aromatic rings. The van der Waals surface area contributed by atoms with Gasteiger partial charge in [-0.3, -0.25) is 4.79 Å². The summed E-state index contributed by atoms with van der Waals surface area (Å²) in [5, 5.41) is 3.39. The van der Waals surface area contributed by atoms with Gasteiger partial charge in [0.05, 0.1) is 25.7 Å². The van der Waals surface area contributed by atoms with Crippen LogP contribution >= 0.6 is 0 Å². The first kappa shape index (κ1) is 10.9. The summed E-state index contributed by atoms with van der Waals surface area (Å²) in [6, 6.07) is 0.530. The first-order valence-corrected chi connectivity index (χ1v) is 5.72. The number of rotatable bonds is 4. The van der Waals surface area contributed by atoms with Crippen LogP contribution in [0.2, 0.25) is 0 Å². The Balaban J connectivity index is 1.57. The molecule has 0 bridgehead atoms. The van der Waals surface area contributed by atoms with Crippen molar-refractivity contribution >= 4 is 5.97 Å². The van der Waals surface area contributed by atoms with Crippen LogP contribution in [0.25, 0.3) is 0 Å². The van der Waals surface area contributed by atoms with Crippen molar-refractivity contribution in [2.45, 2.75) is 37.8 Å². The van der Waals surface area contributed by atoms with Gasteiger partial charge >= 0.3 is 5.97 Å². The lowest BCUT2D eigenvalue weighted by Crippen LogP contribution is -2.39. The molecular formula is C11H19NO3. The standard InChI is InChI=1S/C11H19NO3/c1-14-11(13)8-5-10(6-8)15-7-9-3-2-4-12-9/h8-10,12H,2-7H2,1H3/t8?,9-,10?/m0/s1. The summed E-state index contributed by atoms with van der Waals surface area (Å²) >= 11 is 0. The Morgan fingerprint density at radius 3 is 2.87 bits per heavy atom. The fourth-order valence-corrected chi connectivity index (χ4v) is 2.21. The summed E-state index contributed by atoms with van der Waals surface area (Å²) in [5.74, 6) is -0.00891. The highest BCUT2D eigenvalue weighted by atomic mass is 16.5. The molecule has 0 amide bonds. The van der Waals surface area contributed by atoms with Crippen LogP contribution in [0.15, 0.2) is 0 Å². The van der Waals surface area contributed by atoms with E-state index in [0.717, 1.165) is 26.0 Å². The predicted molar refractivity (Wildman–Crippen MR) is 55.5 cm³/mol. The monoisotopic (exact) mass is 213 g/mol. The maximum atomic E-state index is 11.1. The molecule has 1 aliphatic heterocycles. The molecule has 1 heterocycles. The van der Waals surface area contributed by atoms with E-state index in [1.54, 1.807) is 0 Å². The third-order valence-corrected chi connectivity index (χ3v) is 3.32. The third-order valence-electron chi connectivity index (χ3n) is 3.32. The van der Waals surface area contributed by atoms with E-state index in [4.69, 9.17) is 4.74 Å². The van der Waals surface area contributed by atoms with Crippen molar-refractivity contribution in [1.29, 1.82) is 0 Å². The number of hydrogen-bond acceptors (Lipinski definition) is 4. The van der Waals surface area contributed by atoms with Gasteiger partial charge in [-0.25, -0.2) is 0 Å². The Hall–Kier alpha value is -0.610. The fourth-order valence-electron chi connectivity index (χ4n) is 2.21. The van der Waals surface area contributed by atoms with Crippen molar-refractivity contribution in [3.8, 4) is 0 Å². The van der Waals surface area contributed by atoms with Crippen LogP contribution in [0.4, 0.5) is 0 Å². The number of ether oxygens (including phenoxy) is 2. The van der Waals surface area contributed by atoms with E-state index < -0.39 is 0 Å². The highest BCUT2D eigenvalue weighted by Crippen LogP contribution is 2.31. The summed E-state index contributed by atoms with van der Waals surface area (Å²) in [4.78, 5) is 11.1. The van der Waals surface area contributed by atoms with E-state index in [0.29, 0.717) is 6.04 Å². The number of carbonyl (C=O) groups excluding carboxylic acids is 1. The molecule has 86 valence electrons. The first-order chi connectivity index (χ1) is 7.29.